The van der Waals surface area contributed by atoms with Gasteiger partial charge < -0.3 is 5.32 Å². The van der Waals surface area contributed by atoms with Crippen LogP contribution in [0.25, 0.3) is 0 Å². The lowest BCUT2D eigenvalue weighted by Crippen LogP contribution is -2.15. The summed E-state index contributed by atoms with van der Waals surface area (Å²) >= 11 is 0. The second kappa shape index (κ2) is 20.7. The number of allylic oxidation sites excluding steroid dienone is 1. The third-order valence-electron chi connectivity index (χ3n) is 4.95. The van der Waals surface area contributed by atoms with E-state index in [1.165, 1.54) is 109 Å². The van der Waals surface area contributed by atoms with Gasteiger partial charge in [0.25, 0.3) is 0 Å². The van der Waals surface area contributed by atoms with Crippen molar-refractivity contribution in [2.45, 2.75) is 124 Å². The fraction of sp³-hybridized carbons (Fsp3) is 0.913. The molecule has 24 heavy (non-hydrogen) atoms. The molecule has 0 aromatic carbocycles. The van der Waals surface area contributed by atoms with Crippen LogP contribution in [0.1, 0.15) is 124 Å². The number of nitrogens with one attached hydrogen (secondary N) is 1. The van der Waals surface area contributed by atoms with E-state index >= 15 is 0 Å². The van der Waals surface area contributed by atoms with Crippen LogP contribution in [0.4, 0.5) is 0 Å². The monoisotopic (exact) mass is 337 g/mol. The predicted octanol–water partition coefficient (Wildman–Crippen LogP) is 7.80. The van der Waals surface area contributed by atoms with Crippen molar-refractivity contribution in [1.82, 2.24) is 5.32 Å². The van der Waals surface area contributed by atoms with E-state index in [0.29, 0.717) is 0 Å². The fourth-order valence-corrected chi connectivity index (χ4v) is 3.19. The van der Waals surface area contributed by atoms with Gasteiger partial charge in [0.05, 0.1) is 0 Å². The Balaban J connectivity index is 3.41. The Labute approximate surface area is 154 Å². The zero-order valence-electron chi connectivity index (χ0n) is 17.3. The molecule has 0 aliphatic heterocycles. The normalized spacial score (nSPS) is 11.0. The van der Waals surface area contributed by atoms with E-state index in [2.05, 4.69) is 32.2 Å². The maximum absolute atomic E-state index is 3.62. The van der Waals surface area contributed by atoms with E-state index in [1.807, 2.05) is 0 Å². The maximum Gasteiger partial charge on any atom is 0.0137 e. The Morgan fingerprint density at radius 3 is 1.54 bits per heavy atom. The standard InChI is InChI=1S/C23H47N/c1-4-7-10-11-12-13-14-15-16-17-21-24-22-20-23(18-8-5-2)19-9-6-3/h20,24H,4-19,21-22H2,1-3H3. The first kappa shape index (κ1) is 23.7. The average Bonchev–Trinajstić information content (AvgIpc) is 2.60. The lowest BCUT2D eigenvalue weighted by molar-refractivity contribution is 0.548. The third-order valence-corrected chi connectivity index (χ3v) is 4.95. The van der Waals surface area contributed by atoms with Crippen LogP contribution in [0, 0.1) is 0 Å². The summed E-state index contributed by atoms with van der Waals surface area (Å²) in [6.07, 6.45) is 24.7. The summed E-state index contributed by atoms with van der Waals surface area (Å²) in [6, 6.07) is 0. The molecule has 0 aromatic heterocycles. The highest BCUT2D eigenvalue weighted by Gasteiger charge is 1.97. The highest BCUT2D eigenvalue weighted by molar-refractivity contribution is 5.02. The molecule has 0 heterocycles. The molecule has 0 radical (unpaired) electrons. The van der Waals surface area contributed by atoms with E-state index in [1.54, 1.807) is 5.57 Å². The first-order chi connectivity index (χ1) is 11.8. The van der Waals surface area contributed by atoms with E-state index < -0.39 is 0 Å². The van der Waals surface area contributed by atoms with Crippen LogP contribution in [-0.4, -0.2) is 13.1 Å². The minimum Gasteiger partial charge on any atom is -0.313 e. The average molecular weight is 338 g/mol. The van der Waals surface area contributed by atoms with Crippen molar-refractivity contribution in [2.75, 3.05) is 13.1 Å². The number of hydrogen-bond acceptors (Lipinski definition) is 1. The molecule has 1 N–H and O–H groups in total. The van der Waals surface area contributed by atoms with Crippen LogP contribution in [0.3, 0.4) is 0 Å². The summed E-state index contributed by atoms with van der Waals surface area (Å²) in [5.41, 5.74) is 1.69. The van der Waals surface area contributed by atoms with Gasteiger partial charge in [-0.25, -0.2) is 0 Å². The molecule has 0 fully saturated rings. The molecule has 1 nitrogen and oxygen atoms in total. The lowest BCUT2D eigenvalue weighted by atomic mass is 10.0. The van der Waals surface area contributed by atoms with Crippen molar-refractivity contribution >= 4 is 0 Å². The van der Waals surface area contributed by atoms with Crippen LogP contribution in [0.15, 0.2) is 11.6 Å². The van der Waals surface area contributed by atoms with Gasteiger partial charge in [0.15, 0.2) is 0 Å². The van der Waals surface area contributed by atoms with Crippen molar-refractivity contribution in [1.29, 1.82) is 0 Å². The van der Waals surface area contributed by atoms with Gasteiger partial charge in [-0.2, -0.15) is 0 Å². The molecule has 0 aliphatic rings. The Bertz CT molecular complexity index is 247. The summed E-state index contributed by atoms with van der Waals surface area (Å²) in [4.78, 5) is 0. The van der Waals surface area contributed by atoms with E-state index in [9.17, 15) is 0 Å². The van der Waals surface area contributed by atoms with Crippen molar-refractivity contribution < 1.29 is 0 Å². The topological polar surface area (TPSA) is 12.0 Å². The summed E-state index contributed by atoms with van der Waals surface area (Å²) in [5, 5.41) is 3.62. The lowest BCUT2D eigenvalue weighted by Gasteiger charge is -2.07. The highest BCUT2D eigenvalue weighted by Crippen LogP contribution is 2.14. The molecule has 0 atom stereocenters. The molecule has 0 aliphatic carbocycles. The molecule has 0 unspecified atom stereocenters. The molecule has 0 bridgehead atoms. The van der Waals surface area contributed by atoms with Crippen molar-refractivity contribution in [3.05, 3.63) is 11.6 Å². The highest BCUT2D eigenvalue weighted by atomic mass is 14.8. The summed E-state index contributed by atoms with van der Waals surface area (Å²) in [6.45, 7) is 9.16. The van der Waals surface area contributed by atoms with Gasteiger partial charge in [-0.05, 0) is 38.6 Å². The largest absolute Gasteiger partial charge is 0.313 e. The van der Waals surface area contributed by atoms with Gasteiger partial charge in [-0.15, -0.1) is 0 Å². The quantitative estimate of drug-likeness (QED) is 0.187. The molecule has 1 heteroatoms. The molecule has 0 aromatic rings. The van der Waals surface area contributed by atoms with Gasteiger partial charge in [-0.3, -0.25) is 0 Å². The molecule has 0 amide bonds. The number of rotatable bonds is 19. The zero-order valence-corrected chi connectivity index (χ0v) is 17.3. The Kier molecular flexibility index (Phi) is 20.5. The maximum atomic E-state index is 3.62. The Morgan fingerprint density at radius 1 is 0.583 bits per heavy atom. The van der Waals surface area contributed by atoms with Crippen molar-refractivity contribution in [3.8, 4) is 0 Å². The van der Waals surface area contributed by atoms with Gasteiger partial charge in [-0.1, -0.05) is 103 Å². The van der Waals surface area contributed by atoms with Crippen LogP contribution < -0.4 is 5.32 Å². The first-order valence-electron chi connectivity index (χ1n) is 11.2. The molecular weight excluding hydrogens is 290 g/mol. The number of hydrogen-bond donors (Lipinski definition) is 1. The van der Waals surface area contributed by atoms with E-state index in [0.717, 1.165) is 6.54 Å². The van der Waals surface area contributed by atoms with Crippen LogP contribution in [-0.2, 0) is 0 Å². The molecule has 144 valence electrons. The van der Waals surface area contributed by atoms with Gasteiger partial charge in [0, 0.05) is 6.54 Å². The summed E-state index contributed by atoms with van der Waals surface area (Å²) < 4.78 is 0. The summed E-state index contributed by atoms with van der Waals surface area (Å²) in [7, 11) is 0. The minimum atomic E-state index is 1.08. The Morgan fingerprint density at radius 2 is 1.04 bits per heavy atom. The van der Waals surface area contributed by atoms with Crippen LogP contribution >= 0.6 is 0 Å². The van der Waals surface area contributed by atoms with Crippen LogP contribution in [0.2, 0.25) is 0 Å². The van der Waals surface area contributed by atoms with Crippen molar-refractivity contribution in [3.63, 3.8) is 0 Å². The number of unbranched alkanes of at least 4 members (excludes halogenated alkanes) is 11. The zero-order chi connectivity index (χ0) is 17.7. The SMILES string of the molecule is CCCCCCCCCCCCNCC=C(CCCC)CCCC. The fourth-order valence-electron chi connectivity index (χ4n) is 3.19. The van der Waals surface area contributed by atoms with Crippen LogP contribution in [0.5, 0.6) is 0 Å². The molecule has 0 rings (SSSR count). The first-order valence-corrected chi connectivity index (χ1v) is 11.2. The molecule has 0 saturated carbocycles. The van der Waals surface area contributed by atoms with E-state index in [4.69, 9.17) is 0 Å². The van der Waals surface area contributed by atoms with Gasteiger partial charge in [0.1, 0.15) is 0 Å². The smallest absolute Gasteiger partial charge is 0.0137 e. The van der Waals surface area contributed by atoms with E-state index in [-0.39, 0.29) is 0 Å². The molecular formula is C23H47N. The molecule has 0 spiro atoms. The van der Waals surface area contributed by atoms with Gasteiger partial charge in [0.2, 0.25) is 0 Å². The summed E-state index contributed by atoms with van der Waals surface area (Å²) in [5.74, 6) is 0. The van der Waals surface area contributed by atoms with Gasteiger partial charge >= 0.3 is 0 Å². The predicted molar refractivity (Wildman–Crippen MR) is 112 cm³/mol. The second-order valence-corrected chi connectivity index (χ2v) is 7.46. The minimum absolute atomic E-state index is 1.08. The van der Waals surface area contributed by atoms with Crippen molar-refractivity contribution in [2.24, 2.45) is 0 Å². The third kappa shape index (κ3) is 18.0. The Hall–Kier alpha value is -0.300. The molecule has 0 saturated heterocycles. The second-order valence-electron chi connectivity index (χ2n) is 7.46.